The fourth-order valence-electron chi connectivity index (χ4n) is 4.01. The van der Waals surface area contributed by atoms with Gasteiger partial charge in [0.1, 0.15) is 11.6 Å². The predicted molar refractivity (Wildman–Crippen MR) is 121 cm³/mol. The molecule has 5 heteroatoms. The number of methoxy groups -OCH3 is 1. The molecular weight excluding hydrogens is 374 g/mol. The summed E-state index contributed by atoms with van der Waals surface area (Å²) in [5.74, 6) is 1.49. The molecule has 1 aliphatic carbocycles. The van der Waals surface area contributed by atoms with Crippen molar-refractivity contribution in [2.45, 2.75) is 44.9 Å². The highest BCUT2D eigenvalue weighted by atomic mass is 16.5. The van der Waals surface area contributed by atoms with Crippen molar-refractivity contribution in [2.75, 3.05) is 14.2 Å². The van der Waals surface area contributed by atoms with E-state index in [-0.39, 0.29) is 5.78 Å². The number of aryl methyl sites for hydroxylation is 2. The van der Waals surface area contributed by atoms with Crippen LogP contribution in [0.15, 0.2) is 59.9 Å². The number of carbonyl (C=O) groups excluding carboxylic acids is 1. The maximum absolute atomic E-state index is 13.3. The number of carbonyl (C=O) groups is 1. The van der Waals surface area contributed by atoms with E-state index in [1.165, 1.54) is 0 Å². The SMILES string of the molecule is C=C(/C=C\C(=NC)OC)CC(=O)C1(c2ccc(-c3cnc(C)nc3)cc2C)CCC1. The van der Waals surface area contributed by atoms with Crippen LogP contribution in [0.1, 0.15) is 42.6 Å². The van der Waals surface area contributed by atoms with Crippen molar-refractivity contribution >= 4 is 11.7 Å². The maximum atomic E-state index is 13.3. The molecule has 0 N–H and O–H groups in total. The molecule has 1 saturated carbocycles. The van der Waals surface area contributed by atoms with Crippen LogP contribution in [0.4, 0.5) is 0 Å². The van der Waals surface area contributed by atoms with Gasteiger partial charge >= 0.3 is 0 Å². The number of Topliss-reactive ketones (excluding diaryl/α,β-unsaturated/α-hetero) is 1. The fraction of sp³-hybridized carbons (Fsp3) is 0.360. The normalized spacial score (nSPS) is 15.7. The first-order valence-corrected chi connectivity index (χ1v) is 10.2. The van der Waals surface area contributed by atoms with E-state index < -0.39 is 5.41 Å². The molecule has 0 amide bonds. The Morgan fingerprint density at radius 2 is 1.90 bits per heavy atom. The maximum Gasteiger partial charge on any atom is 0.207 e. The molecule has 0 radical (unpaired) electrons. The zero-order valence-corrected chi connectivity index (χ0v) is 18.2. The molecule has 0 saturated heterocycles. The lowest BCUT2D eigenvalue weighted by atomic mass is 9.60. The minimum Gasteiger partial charge on any atom is -0.481 e. The van der Waals surface area contributed by atoms with Gasteiger partial charge in [0.25, 0.3) is 0 Å². The van der Waals surface area contributed by atoms with Crippen molar-refractivity contribution in [3.63, 3.8) is 0 Å². The predicted octanol–water partition coefficient (Wildman–Crippen LogP) is 4.93. The van der Waals surface area contributed by atoms with E-state index in [0.29, 0.717) is 12.3 Å². The Morgan fingerprint density at radius 1 is 1.20 bits per heavy atom. The Kier molecular flexibility index (Phi) is 6.60. The number of hydrogen-bond acceptors (Lipinski definition) is 5. The van der Waals surface area contributed by atoms with E-state index in [9.17, 15) is 4.79 Å². The lowest BCUT2D eigenvalue weighted by Gasteiger charge is -2.42. The third kappa shape index (κ3) is 4.40. The molecule has 0 spiro atoms. The zero-order chi connectivity index (χ0) is 21.7. The molecule has 1 fully saturated rings. The molecule has 0 aliphatic heterocycles. The fourth-order valence-corrected chi connectivity index (χ4v) is 4.01. The minimum absolute atomic E-state index is 0.227. The van der Waals surface area contributed by atoms with Crippen molar-refractivity contribution in [3.05, 3.63) is 71.8 Å². The van der Waals surface area contributed by atoms with Gasteiger partial charge in [0.15, 0.2) is 0 Å². The van der Waals surface area contributed by atoms with Crippen molar-refractivity contribution < 1.29 is 9.53 Å². The Morgan fingerprint density at radius 3 is 2.43 bits per heavy atom. The van der Waals surface area contributed by atoms with Crippen molar-refractivity contribution in [3.8, 4) is 11.1 Å². The van der Waals surface area contributed by atoms with Crippen LogP contribution in [0.25, 0.3) is 11.1 Å². The number of aliphatic imine (C=N–C) groups is 1. The smallest absolute Gasteiger partial charge is 0.207 e. The Balaban J connectivity index is 1.81. The summed E-state index contributed by atoms with van der Waals surface area (Å²) in [5.41, 5.74) is 4.65. The van der Waals surface area contributed by atoms with Crippen LogP contribution in [-0.4, -0.2) is 35.8 Å². The molecule has 5 nitrogen and oxygen atoms in total. The monoisotopic (exact) mass is 403 g/mol. The summed E-state index contributed by atoms with van der Waals surface area (Å²) in [6, 6.07) is 6.31. The van der Waals surface area contributed by atoms with E-state index in [2.05, 4.69) is 46.7 Å². The molecule has 2 aromatic rings. The van der Waals surface area contributed by atoms with Gasteiger partial charge < -0.3 is 4.74 Å². The van der Waals surface area contributed by atoms with Crippen LogP contribution in [-0.2, 0) is 14.9 Å². The van der Waals surface area contributed by atoms with Gasteiger partial charge in [-0.1, -0.05) is 37.3 Å². The van der Waals surface area contributed by atoms with Crippen LogP contribution in [0.3, 0.4) is 0 Å². The van der Waals surface area contributed by atoms with E-state index in [1.54, 1.807) is 20.2 Å². The summed E-state index contributed by atoms with van der Waals surface area (Å²) in [7, 11) is 3.23. The number of benzene rings is 1. The highest BCUT2D eigenvalue weighted by molar-refractivity contribution is 5.94. The number of nitrogens with zero attached hydrogens (tertiary/aromatic N) is 3. The van der Waals surface area contributed by atoms with Crippen molar-refractivity contribution in [2.24, 2.45) is 4.99 Å². The molecule has 1 aromatic carbocycles. The molecule has 1 aliphatic rings. The van der Waals surface area contributed by atoms with Crippen LogP contribution in [0.2, 0.25) is 0 Å². The van der Waals surface area contributed by atoms with Crippen LogP contribution in [0.5, 0.6) is 0 Å². The van der Waals surface area contributed by atoms with Gasteiger partial charge in [0.05, 0.1) is 12.5 Å². The summed E-state index contributed by atoms with van der Waals surface area (Å²) in [5, 5.41) is 0. The largest absolute Gasteiger partial charge is 0.481 e. The van der Waals surface area contributed by atoms with Gasteiger partial charge in [-0.25, -0.2) is 9.97 Å². The lowest BCUT2D eigenvalue weighted by molar-refractivity contribution is -0.126. The average molecular weight is 404 g/mol. The number of allylic oxidation sites excluding steroid dienone is 2. The first-order valence-electron chi connectivity index (χ1n) is 10.2. The molecule has 0 unspecified atom stereocenters. The van der Waals surface area contributed by atoms with Crippen LogP contribution >= 0.6 is 0 Å². The highest BCUT2D eigenvalue weighted by Gasteiger charge is 2.45. The summed E-state index contributed by atoms with van der Waals surface area (Å²) in [6.07, 6.45) is 10.4. The average Bonchev–Trinajstić information content (AvgIpc) is 2.69. The third-order valence-electron chi connectivity index (χ3n) is 5.88. The van der Waals surface area contributed by atoms with E-state index in [0.717, 1.165) is 52.9 Å². The van der Waals surface area contributed by atoms with Crippen molar-refractivity contribution in [1.29, 1.82) is 0 Å². The molecule has 1 aromatic heterocycles. The molecule has 1 heterocycles. The Labute approximate surface area is 178 Å². The second kappa shape index (κ2) is 9.16. The molecule has 156 valence electrons. The number of rotatable bonds is 7. The van der Waals surface area contributed by atoms with Gasteiger partial charge in [0.2, 0.25) is 5.90 Å². The summed E-state index contributed by atoms with van der Waals surface area (Å²) in [4.78, 5) is 25.9. The van der Waals surface area contributed by atoms with Crippen molar-refractivity contribution in [1.82, 2.24) is 9.97 Å². The second-order valence-corrected chi connectivity index (χ2v) is 7.84. The molecule has 0 bridgehead atoms. The van der Waals surface area contributed by atoms with E-state index in [4.69, 9.17) is 4.74 Å². The second-order valence-electron chi connectivity index (χ2n) is 7.84. The first-order chi connectivity index (χ1) is 14.4. The van der Waals surface area contributed by atoms with Gasteiger partial charge in [-0.05, 0) is 49.0 Å². The van der Waals surface area contributed by atoms with Gasteiger partial charge in [-0.2, -0.15) is 0 Å². The van der Waals surface area contributed by atoms with Gasteiger partial charge in [0, 0.05) is 37.5 Å². The Bertz CT molecular complexity index is 1000. The topological polar surface area (TPSA) is 64.4 Å². The molecule has 30 heavy (non-hydrogen) atoms. The molecule has 3 rings (SSSR count). The number of ketones is 1. The lowest BCUT2D eigenvalue weighted by Crippen LogP contribution is -2.43. The Hall–Kier alpha value is -3.08. The van der Waals surface area contributed by atoms with Crippen LogP contribution in [0, 0.1) is 13.8 Å². The van der Waals surface area contributed by atoms with Crippen LogP contribution < -0.4 is 0 Å². The number of hydrogen-bond donors (Lipinski definition) is 0. The summed E-state index contributed by atoms with van der Waals surface area (Å²) < 4.78 is 5.12. The number of ether oxygens (including phenoxy) is 1. The standard InChI is InChI=1S/C25H29N3O2/c1-17(7-10-24(26-4)30-5)13-23(29)25(11-6-12-25)22-9-8-20(14-18(22)2)21-15-27-19(3)28-16-21/h7-10,14-16H,1,6,11-13H2,2-5H3/b10-7-,26-24?. The van der Waals surface area contributed by atoms with E-state index in [1.807, 2.05) is 25.4 Å². The minimum atomic E-state index is -0.411. The summed E-state index contributed by atoms with van der Waals surface area (Å²) in [6.45, 7) is 8.01. The first kappa shape index (κ1) is 21.6. The number of aromatic nitrogens is 2. The van der Waals surface area contributed by atoms with Gasteiger partial charge in [-0.15, -0.1) is 0 Å². The highest BCUT2D eigenvalue weighted by Crippen LogP contribution is 2.47. The zero-order valence-electron chi connectivity index (χ0n) is 18.2. The molecular formula is C25H29N3O2. The third-order valence-corrected chi connectivity index (χ3v) is 5.88. The quantitative estimate of drug-likeness (QED) is 0.374. The van der Waals surface area contributed by atoms with Gasteiger partial charge in [-0.3, -0.25) is 9.79 Å². The van der Waals surface area contributed by atoms with E-state index >= 15 is 0 Å². The molecule has 0 atom stereocenters. The summed E-state index contributed by atoms with van der Waals surface area (Å²) >= 11 is 0.